The maximum absolute atomic E-state index is 8.92. The molecule has 2 N–H and O–H groups in total. The average Bonchev–Trinajstić information content (AvgIpc) is 2.40. The molecule has 19 heavy (non-hydrogen) atoms. The van der Waals surface area contributed by atoms with Gasteiger partial charge in [0.15, 0.2) is 0 Å². The normalized spacial score (nSPS) is 12.8. The summed E-state index contributed by atoms with van der Waals surface area (Å²) in [6.07, 6.45) is 2.62. The lowest BCUT2D eigenvalue weighted by molar-refractivity contribution is 0.264. The quantitative estimate of drug-likeness (QED) is 0.818. The molecule has 3 heteroatoms. The van der Waals surface area contributed by atoms with Gasteiger partial charge >= 0.3 is 0 Å². The lowest BCUT2D eigenvalue weighted by Crippen LogP contribution is -2.21. The van der Waals surface area contributed by atoms with Crippen LogP contribution in [0, 0.1) is 16.7 Å². The number of nitrogens with two attached hydrogens (primary N) is 1. The van der Waals surface area contributed by atoms with E-state index in [9.17, 15) is 0 Å². The van der Waals surface area contributed by atoms with Crippen LogP contribution in [0.15, 0.2) is 24.3 Å². The Bertz CT molecular complexity index is 417. The van der Waals surface area contributed by atoms with Crippen LogP contribution in [0.1, 0.15) is 39.2 Å². The summed E-state index contributed by atoms with van der Waals surface area (Å²) in [6, 6.07) is 10.5. The van der Waals surface area contributed by atoms with Gasteiger partial charge in [0.05, 0.1) is 18.1 Å². The van der Waals surface area contributed by atoms with E-state index in [0.29, 0.717) is 6.61 Å². The molecule has 0 aliphatic heterocycles. The van der Waals surface area contributed by atoms with E-state index in [1.165, 1.54) is 5.56 Å². The van der Waals surface area contributed by atoms with Crippen LogP contribution in [-0.2, 0) is 6.42 Å². The summed E-state index contributed by atoms with van der Waals surface area (Å²) < 4.78 is 5.65. The maximum Gasteiger partial charge on any atom is 0.119 e. The van der Waals surface area contributed by atoms with Crippen molar-refractivity contribution in [2.45, 2.75) is 46.1 Å². The van der Waals surface area contributed by atoms with E-state index in [1.807, 2.05) is 26.0 Å². The van der Waals surface area contributed by atoms with Gasteiger partial charge in [-0.2, -0.15) is 5.26 Å². The van der Waals surface area contributed by atoms with E-state index in [2.05, 4.69) is 25.1 Å². The van der Waals surface area contributed by atoms with Crippen LogP contribution in [0.4, 0.5) is 0 Å². The molecule has 0 aromatic heterocycles. The smallest absolute Gasteiger partial charge is 0.119 e. The molecule has 1 unspecified atom stereocenters. The maximum atomic E-state index is 8.92. The molecular formula is C16H24N2O. The van der Waals surface area contributed by atoms with Gasteiger partial charge in [0.1, 0.15) is 5.75 Å². The van der Waals surface area contributed by atoms with Crippen molar-refractivity contribution in [2.24, 2.45) is 11.1 Å². The first-order valence-corrected chi connectivity index (χ1v) is 6.85. The van der Waals surface area contributed by atoms with Crippen molar-refractivity contribution in [3.05, 3.63) is 29.8 Å². The second-order valence-corrected chi connectivity index (χ2v) is 5.61. The third kappa shape index (κ3) is 5.76. The standard InChI is InChI=1S/C16H24N2O/c1-4-14(18)11-13-5-7-15(8-6-13)19-10-9-16(2,3)12-17/h5-8,14H,4,9-11,18H2,1-3H3. The van der Waals surface area contributed by atoms with Crippen LogP contribution in [0.5, 0.6) is 5.75 Å². The van der Waals surface area contributed by atoms with E-state index in [-0.39, 0.29) is 11.5 Å². The molecule has 0 amide bonds. The van der Waals surface area contributed by atoms with Crippen LogP contribution >= 0.6 is 0 Å². The molecule has 1 rings (SSSR count). The van der Waals surface area contributed by atoms with Gasteiger partial charge in [0.2, 0.25) is 0 Å². The van der Waals surface area contributed by atoms with Crippen LogP contribution in [0.2, 0.25) is 0 Å². The summed E-state index contributed by atoms with van der Waals surface area (Å²) in [6.45, 7) is 6.50. The number of nitrogens with zero attached hydrogens (tertiary/aromatic N) is 1. The fourth-order valence-electron chi connectivity index (χ4n) is 1.65. The molecule has 1 aromatic carbocycles. The van der Waals surface area contributed by atoms with Gasteiger partial charge in [0.25, 0.3) is 0 Å². The highest BCUT2D eigenvalue weighted by Gasteiger charge is 2.16. The van der Waals surface area contributed by atoms with Crippen molar-refractivity contribution in [3.63, 3.8) is 0 Å². The van der Waals surface area contributed by atoms with Crippen molar-refractivity contribution in [1.82, 2.24) is 0 Å². The first-order chi connectivity index (χ1) is 8.96. The van der Waals surface area contributed by atoms with Crippen molar-refractivity contribution in [1.29, 1.82) is 5.26 Å². The second-order valence-electron chi connectivity index (χ2n) is 5.61. The zero-order chi connectivity index (χ0) is 14.3. The molecule has 0 fully saturated rings. The number of rotatable bonds is 7. The minimum atomic E-state index is -0.326. The average molecular weight is 260 g/mol. The third-order valence-electron chi connectivity index (χ3n) is 3.24. The zero-order valence-corrected chi connectivity index (χ0v) is 12.1. The van der Waals surface area contributed by atoms with Gasteiger partial charge in [-0.05, 0) is 50.8 Å². The van der Waals surface area contributed by atoms with Crippen LogP contribution < -0.4 is 10.5 Å². The van der Waals surface area contributed by atoms with Crippen molar-refractivity contribution < 1.29 is 4.74 Å². The van der Waals surface area contributed by atoms with Crippen LogP contribution in [-0.4, -0.2) is 12.6 Å². The lowest BCUT2D eigenvalue weighted by Gasteiger charge is -2.15. The number of nitriles is 1. The van der Waals surface area contributed by atoms with E-state index in [1.54, 1.807) is 0 Å². The summed E-state index contributed by atoms with van der Waals surface area (Å²) in [5, 5.41) is 8.92. The Balaban J connectivity index is 2.43. The van der Waals surface area contributed by atoms with Crippen molar-refractivity contribution >= 4 is 0 Å². The highest BCUT2D eigenvalue weighted by atomic mass is 16.5. The Hall–Kier alpha value is -1.53. The Morgan fingerprint density at radius 2 is 1.95 bits per heavy atom. The molecule has 104 valence electrons. The molecule has 0 heterocycles. The molecule has 0 aliphatic rings. The van der Waals surface area contributed by atoms with Gasteiger partial charge in [-0.25, -0.2) is 0 Å². The molecule has 0 radical (unpaired) electrons. The first kappa shape index (κ1) is 15.5. The highest BCUT2D eigenvalue weighted by Crippen LogP contribution is 2.20. The van der Waals surface area contributed by atoms with Gasteiger partial charge in [-0.1, -0.05) is 19.1 Å². The summed E-state index contributed by atoms with van der Waals surface area (Å²) in [4.78, 5) is 0. The zero-order valence-electron chi connectivity index (χ0n) is 12.1. The number of ether oxygens (including phenoxy) is 1. The Kier molecular flexibility index (Phi) is 5.85. The van der Waals surface area contributed by atoms with E-state index in [4.69, 9.17) is 15.7 Å². The molecule has 0 saturated carbocycles. The molecule has 1 aromatic rings. The fourth-order valence-corrected chi connectivity index (χ4v) is 1.65. The molecule has 3 nitrogen and oxygen atoms in total. The predicted molar refractivity (Wildman–Crippen MR) is 77.9 cm³/mol. The Morgan fingerprint density at radius 3 is 2.47 bits per heavy atom. The minimum Gasteiger partial charge on any atom is -0.494 e. The topological polar surface area (TPSA) is 59.0 Å². The predicted octanol–water partition coefficient (Wildman–Crippen LogP) is 3.29. The number of benzene rings is 1. The molecule has 0 saturated heterocycles. The van der Waals surface area contributed by atoms with Crippen molar-refractivity contribution in [2.75, 3.05) is 6.61 Å². The fraction of sp³-hybridized carbons (Fsp3) is 0.562. The minimum absolute atomic E-state index is 0.225. The third-order valence-corrected chi connectivity index (χ3v) is 3.24. The van der Waals surface area contributed by atoms with Gasteiger partial charge in [-0.15, -0.1) is 0 Å². The molecule has 0 aliphatic carbocycles. The Labute approximate surface area is 116 Å². The number of hydrogen-bond acceptors (Lipinski definition) is 3. The van der Waals surface area contributed by atoms with E-state index >= 15 is 0 Å². The van der Waals surface area contributed by atoms with Crippen LogP contribution in [0.3, 0.4) is 0 Å². The molecule has 1 atom stereocenters. The van der Waals surface area contributed by atoms with E-state index in [0.717, 1.165) is 25.0 Å². The summed E-state index contributed by atoms with van der Waals surface area (Å²) in [5.74, 6) is 0.850. The number of hydrogen-bond donors (Lipinski definition) is 1. The SMILES string of the molecule is CCC(N)Cc1ccc(OCCC(C)(C)C#N)cc1. The lowest BCUT2D eigenvalue weighted by atomic mass is 9.92. The highest BCUT2D eigenvalue weighted by molar-refractivity contribution is 5.27. The summed E-state index contributed by atoms with van der Waals surface area (Å²) in [7, 11) is 0. The molecular weight excluding hydrogens is 236 g/mol. The first-order valence-electron chi connectivity index (χ1n) is 6.85. The van der Waals surface area contributed by atoms with Gasteiger partial charge in [-0.3, -0.25) is 0 Å². The van der Waals surface area contributed by atoms with Gasteiger partial charge < -0.3 is 10.5 Å². The van der Waals surface area contributed by atoms with Crippen molar-refractivity contribution in [3.8, 4) is 11.8 Å². The summed E-state index contributed by atoms with van der Waals surface area (Å²) >= 11 is 0. The Morgan fingerprint density at radius 1 is 1.32 bits per heavy atom. The largest absolute Gasteiger partial charge is 0.494 e. The summed E-state index contributed by atoms with van der Waals surface area (Å²) in [5.41, 5.74) is 6.83. The molecule has 0 bridgehead atoms. The van der Waals surface area contributed by atoms with Gasteiger partial charge in [0, 0.05) is 6.04 Å². The second kappa shape index (κ2) is 7.16. The van der Waals surface area contributed by atoms with E-state index < -0.39 is 0 Å². The van der Waals surface area contributed by atoms with Crippen LogP contribution in [0.25, 0.3) is 0 Å². The molecule has 0 spiro atoms. The monoisotopic (exact) mass is 260 g/mol.